The Balaban J connectivity index is 0.00000231. The van der Waals surface area contributed by atoms with Crippen LogP contribution in [0.25, 0.3) is 10.9 Å². The van der Waals surface area contributed by atoms with Crippen LogP contribution in [0.15, 0.2) is 29.3 Å². The maximum atomic E-state index is 12.9. The van der Waals surface area contributed by atoms with E-state index in [-0.39, 0.29) is 35.8 Å². The fourth-order valence-corrected chi connectivity index (χ4v) is 5.55. The van der Waals surface area contributed by atoms with Gasteiger partial charge in [0.05, 0.1) is 23.3 Å². The number of aromatic nitrogens is 2. The second kappa shape index (κ2) is 8.59. The lowest BCUT2D eigenvalue weighted by molar-refractivity contribution is -0.148. The van der Waals surface area contributed by atoms with Gasteiger partial charge in [-0.3, -0.25) is 14.4 Å². The summed E-state index contributed by atoms with van der Waals surface area (Å²) in [5, 5.41) is 7.06. The average Bonchev–Trinajstić information content (AvgIpc) is 2.76. The van der Waals surface area contributed by atoms with E-state index in [1.807, 2.05) is 0 Å². The van der Waals surface area contributed by atoms with Gasteiger partial charge in [-0.05, 0) is 55.8 Å². The molecule has 3 aliphatic heterocycles. The Bertz CT molecular complexity index is 1070. The topological polar surface area (TPSA) is 96.3 Å². The Morgan fingerprint density at radius 2 is 2.06 bits per heavy atom. The van der Waals surface area contributed by atoms with Gasteiger partial charge in [0.15, 0.2) is 0 Å². The number of piperidine rings is 3. The Kier molecular flexibility index (Phi) is 6.03. The molecule has 2 amide bonds. The zero-order valence-corrected chi connectivity index (χ0v) is 18.4. The molecular weight excluding hydrogens is 418 g/mol. The molecule has 3 aliphatic rings. The molecule has 4 atom stereocenters. The molecular formula is C22H28ClN5O3. The third kappa shape index (κ3) is 3.83. The first-order valence-corrected chi connectivity index (χ1v) is 10.8. The van der Waals surface area contributed by atoms with Crippen LogP contribution in [-0.2, 0) is 11.8 Å². The molecule has 166 valence electrons. The van der Waals surface area contributed by atoms with Crippen molar-refractivity contribution < 1.29 is 9.59 Å². The van der Waals surface area contributed by atoms with Crippen LogP contribution in [0.5, 0.6) is 0 Å². The molecule has 0 aliphatic carbocycles. The number of nitrogens with one attached hydrogen (secondary N) is 2. The van der Waals surface area contributed by atoms with Crippen molar-refractivity contribution >= 4 is 35.1 Å². The first-order valence-electron chi connectivity index (χ1n) is 10.8. The van der Waals surface area contributed by atoms with Gasteiger partial charge in [-0.15, -0.1) is 12.4 Å². The van der Waals surface area contributed by atoms with Crippen LogP contribution < -0.4 is 16.2 Å². The number of amides is 2. The standard InChI is InChI=1S/C22H27N5O3.ClH/c1-26-12-25-17-8-13(5-6-16(17)22(26)30)21(29)24-11-19-15-7-14(9-23-10-15)18-3-2-4-20(28)27(18)19;/h5-6,8,12,14-15,18-19,23H,2-4,7,9-11H2,1H3,(H,24,29);1H/t14-,15+,18+,19+;/m1./s1. The summed E-state index contributed by atoms with van der Waals surface area (Å²) in [5.41, 5.74) is 0.845. The van der Waals surface area contributed by atoms with Gasteiger partial charge in [0.1, 0.15) is 0 Å². The Morgan fingerprint density at radius 1 is 1.26 bits per heavy atom. The minimum absolute atomic E-state index is 0. The first-order chi connectivity index (χ1) is 14.5. The van der Waals surface area contributed by atoms with Gasteiger partial charge in [-0.2, -0.15) is 0 Å². The van der Waals surface area contributed by atoms with Crippen molar-refractivity contribution in [3.63, 3.8) is 0 Å². The van der Waals surface area contributed by atoms with Crippen molar-refractivity contribution in [3.8, 4) is 0 Å². The number of hydrogen-bond donors (Lipinski definition) is 2. The molecule has 0 radical (unpaired) electrons. The maximum Gasteiger partial charge on any atom is 0.260 e. The van der Waals surface area contributed by atoms with Gasteiger partial charge in [-0.1, -0.05) is 0 Å². The lowest BCUT2D eigenvalue weighted by Gasteiger charge is -2.54. The highest BCUT2D eigenvalue weighted by Gasteiger charge is 2.47. The largest absolute Gasteiger partial charge is 0.350 e. The molecule has 2 bridgehead atoms. The fraction of sp³-hybridized carbons (Fsp3) is 0.545. The number of carbonyl (C=O) groups is 2. The quantitative estimate of drug-likeness (QED) is 0.736. The third-order valence-corrected chi connectivity index (χ3v) is 7.05. The van der Waals surface area contributed by atoms with E-state index in [0.29, 0.717) is 47.3 Å². The van der Waals surface area contributed by atoms with Crippen LogP contribution >= 0.6 is 12.4 Å². The number of hydrogen-bond acceptors (Lipinski definition) is 5. The van der Waals surface area contributed by atoms with Crippen molar-refractivity contribution in [3.05, 3.63) is 40.4 Å². The predicted octanol–water partition coefficient (Wildman–Crippen LogP) is 1.07. The lowest BCUT2D eigenvalue weighted by atomic mass is 9.72. The predicted molar refractivity (Wildman–Crippen MR) is 119 cm³/mol. The number of aryl methyl sites for hydroxylation is 1. The summed E-state index contributed by atoms with van der Waals surface area (Å²) < 4.78 is 1.42. The van der Waals surface area contributed by atoms with Crippen molar-refractivity contribution in [1.82, 2.24) is 25.1 Å². The SMILES string of the molecule is Cl.Cn1cnc2cc(C(=O)NC[C@H]3[C@@H]4CNC[C@@H](C4)[C@@H]4CCCC(=O)N43)ccc2c1=O. The van der Waals surface area contributed by atoms with E-state index < -0.39 is 0 Å². The van der Waals surface area contributed by atoms with Crippen LogP contribution in [-0.4, -0.2) is 58.0 Å². The van der Waals surface area contributed by atoms with Gasteiger partial charge in [0, 0.05) is 38.2 Å². The van der Waals surface area contributed by atoms with Crippen molar-refractivity contribution in [2.45, 2.75) is 37.8 Å². The molecule has 0 saturated carbocycles. The fourth-order valence-electron chi connectivity index (χ4n) is 5.55. The molecule has 2 aromatic rings. The first kappa shape index (κ1) is 21.8. The van der Waals surface area contributed by atoms with Crippen molar-refractivity contribution in [1.29, 1.82) is 0 Å². The Labute approximate surface area is 186 Å². The van der Waals surface area contributed by atoms with Crippen LogP contribution in [0.4, 0.5) is 0 Å². The van der Waals surface area contributed by atoms with Gasteiger partial charge in [0.25, 0.3) is 11.5 Å². The molecule has 4 heterocycles. The van der Waals surface area contributed by atoms with Gasteiger partial charge in [0.2, 0.25) is 5.91 Å². The van der Waals surface area contributed by atoms with E-state index >= 15 is 0 Å². The molecule has 1 aromatic heterocycles. The molecule has 2 N–H and O–H groups in total. The summed E-state index contributed by atoms with van der Waals surface area (Å²) in [5.74, 6) is 0.914. The highest BCUT2D eigenvalue weighted by molar-refractivity contribution is 5.97. The summed E-state index contributed by atoms with van der Waals surface area (Å²) in [7, 11) is 1.65. The van der Waals surface area contributed by atoms with E-state index in [1.54, 1.807) is 25.2 Å². The van der Waals surface area contributed by atoms with E-state index in [1.165, 1.54) is 10.9 Å². The minimum atomic E-state index is -0.203. The maximum absolute atomic E-state index is 12.9. The van der Waals surface area contributed by atoms with Crippen LogP contribution in [0.2, 0.25) is 0 Å². The van der Waals surface area contributed by atoms with E-state index in [2.05, 4.69) is 20.5 Å². The van der Waals surface area contributed by atoms with E-state index in [4.69, 9.17) is 0 Å². The van der Waals surface area contributed by atoms with E-state index in [9.17, 15) is 14.4 Å². The average molecular weight is 446 g/mol. The van der Waals surface area contributed by atoms with Crippen LogP contribution in [0.3, 0.4) is 0 Å². The highest BCUT2D eigenvalue weighted by atomic mass is 35.5. The minimum Gasteiger partial charge on any atom is -0.350 e. The summed E-state index contributed by atoms with van der Waals surface area (Å²) in [6, 6.07) is 5.29. The molecule has 0 unspecified atom stereocenters. The summed E-state index contributed by atoms with van der Waals surface area (Å²) in [6.07, 6.45) is 5.21. The van der Waals surface area contributed by atoms with Crippen molar-refractivity contribution in [2.75, 3.05) is 19.6 Å². The van der Waals surface area contributed by atoms with Gasteiger partial charge >= 0.3 is 0 Å². The monoisotopic (exact) mass is 445 g/mol. The molecule has 3 saturated heterocycles. The lowest BCUT2D eigenvalue weighted by Crippen LogP contribution is -2.66. The number of benzene rings is 1. The number of fused-ring (bicyclic) bond motifs is 5. The number of nitrogens with zero attached hydrogens (tertiary/aromatic N) is 3. The Morgan fingerprint density at radius 3 is 2.90 bits per heavy atom. The molecule has 9 heteroatoms. The molecule has 8 nitrogen and oxygen atoms in total. The van der Waals surface area contributed by atoms with Crippen LogP contribution in [0, 0.1) is 11.8 Å². The van der Waals surface area contributed by atoms with Gasteiger partial charge in [-0.25, -0.2) is 4.98 Å². The summed E-state index contributed by atoms with van der Waals surface area (Å²) in [4.78, 5) is 44.1. The summed E-state index contributed by atoms with van der Waals surface area (Å²) in [6.45, 7) is 2.31. The number of rotatable bonds is 3. The second-order valence-corrected chi connectivity index (χ2v) is 8.84. The third-order valence-electron chi connectivity index (χ3n) is 7.05. The molecule has 3 fully saturated rings. The molecule has 31 heavy (non-hydrogen) atoms. The normalized spacial score (nSPS) is 27.4. The number of carbonyl (C=O) groups excluding carboxylic acids is 2. The summed E-state index contributed by atoms with van der Waals surface area (Å²) >= 11 is 0. The number of halogens is 1. The highest BCUT2D eigenvalue weighted by Crippen LogP contribution is 2.39. The molecule has 1 aromatic carbocycles. The smallest absolute Gasteiger partial charge is 0.260 e. The van der Waals surface area contributed by atoms with Crippen molar-refractivity contribution in [2.24, 2.45) is 18.9 Å². The Hall–Kier alpha value is -2.45. The zero-order valence-electron chi connectivity index (χ0n) is 17.5. The molecule has 5 rings (SSSR count). The van der Waals surface area contributed by atoms with Crippen LogP contribution in [0.1, 0.15) is 36.0 Å². The van der Waals surface area contributed by atoms with Gasteiger partial charge < -0.3 is 20.1 Å². The zero-order chi connectivity index (χ0) is 20.8. The second-order valence-electron chi connectivity index (χ2n) is 8.84. The molecule has 0 spiro atoms. The van der Waals surface area contributed by atoms with E-state index in [0.717, 1.165) is 32.4 Å².